The summed E-state index contributed by atoms with van der Waals surface area (Å²) in [5, 5.41) is 9.67. The van der Waals surface area contributed by atoms with Crippen molar-refractivity contribution < 1.29 is 14.3 Å². The lowest BCUT2D eigenvalue weighted by molar-refractivity contribution is 0.0664. The molecule has 1 aromatic carbocycles. The Hall–Kier alpha value is -1.29. The highest BCUT2D eigenvalue weighted by Gasteiger charge is 2.15. The zero-order valence-corrected chi connectivity index (χ0v) is 8.96. The monoisotopic (exact) mass is 254 g/mol. The van der Waals surface area contributed by atoms with Crippen molar-refractivity contribution in [2.45, 2.75) is 6.92 Å². The lowest BCUT2D eigenvalue weighted by Gasteiger charge is -1.89. The van der Waals surface area contributed by atoms with E-state index in [9.17, 15) is 4.79 Å². The first-order valence-electron chi connectivity index (χ1n) is 4.01. The Labute approximate surface area is 88.5 Å². The molecule has 1 aromatic heterocycles. The van der Waals surface area contributed by atoms with E-state index in [1.165, 1.54) is 0 Å². The van der Waals surface area contributed by atoms with E-state index >= 15 is 0 Å². The smallest absolute Gasteiger partial charge is 0.372 e. The van der Waals surface area contributed by atoms with Crippen LogP contribution in [0.1, 0.15) is 16.1 Å². The fourth-order valence-corrected chi connectivity index (χ4v) is 1.74. The van der Waals surface area contributed by atoms with Crippen LogP contribution in [0.5, 0.6) is 0 Å². The van der Waals surface area contributed by atoms with Gasteiger partial charge in [0.05, 0.1) is 0 Å². The van der Waals surface area contributed by atoms with E-state index < -0.39 is 5.97 Å². The predicted molar refractivity (Wildman–Crippen MR) is 55.6 cm³/mol. The normalized spacial score (nSPS) is 10.7. The van der Waals surface area contributed by atoms with Crippen molar-refractivity contribution in [1.82, 2.24) is 0 Å². The van der Waals surface area contributed by atoms with Crippen molar-refractivity contribution in [2.24, 2.45) is 0 Å². The molecule has 72 valence electrons. The van der Waals surface area contributed by atoms with Gasteiger partial charge in [0.25, 0.3) is 0 Å². The number of fused-ring (bicyclic) bond motifs is 1. The largest absolute Gasteiger partial charge is 0.475 e. The van der Waals surface area contributed by atoms with Gasteiger partial charge in [0.15, 0.2) is 0 Å². The van der Waals surface area contributed by atoms with Gasteiger partial charge in [-0.15, -0.1) is 0 Å². The van der Waals surface area contributed by atoms with Crippen molar-refractivity contribution in [3.63, 3.8) is 0 Å². The maximum absolute atomic E-state index is 10.8. The highest BCUT2D eigenvalue weighted by atomic mass is 79.9. The molecule has 3 nitrogen and oxygen atoms in total. The van der Waals surface area contributed by atoms with E-state index in [0.29, 0.717) is 11.1 Å². The molecule has 1 heterocycles. The van der Waals surface area contributed by atoms with Crippen LogP contribution in [0.25, 0.3) is 11.0 Å². The van der Waals surface area contributed by atoms with Crippen LogP contribution < -0.4 is 0 Å². The number of halogens is 1. The maximum Gasteiger partial charge on any atom is 0.372 e. The molecule has 0 aliphatic heterocycles. The van der Waals surface area contributed by atoms with Crippen molar-refractivity contribution in [1.29, 1.82) is 0 Å². The molecule has 4 heteroatoms. The average Bonchev–Trinajstić information content (AvgIpc) is 2.43. The Balaban J connectivity index is 2.79. The number of hydrogen-bond acceptors (Lipinski definition) is 2. The molecule has 0 bridgehead atoms. The third kappa shape index (κ3) is 1.32. The van der Waals surface area contributed by atoms with E-state index in [4.69, 9.17) is 9.52 Å². The number of aromatic carboxylic acids is 1. The van der Waals surface area contributed by atoms with Crippen LogP contribution >= 0.6 is 15.9 Å². The van der Waals surface area contributed by atoms with E-state index in [1.54, 1.807) is 13.0 Å². The molecule has 0 radical (unpaired) electrons. The molecule has 2 rings (SSSR count). The van der Waals surface area contributed by atoms with Crippen LogP contribution in [-0.2, 0) is 0 Å². The first kappa shape index (κ1) is 9.27. The number of carbonyl (C=O) groups is 1. The molecule has 2 aromatic rings. The molecule has 0 atom stereocenters. The summed E-state index contributed by atoms with van der Waals surface area (Å²) in [6.45, 7) is 1.74. The SMILES string of the molecule is Cc1c(C(=O)O)oc2cc(Br)ccc12. The van der Waals surface area contributed by atoms with Crippen molar-refractivity contribution in [2.75, 3.05) is 0 Å². The summed E-state index contributed by atoms with van der Waals surface area (Å²) in [4.78, 5) is 10.8. The molecular weight excluding hydrogens is 248 g/mol. The van der Waals surface area contributed by atoms with Gasteiger partial charge in [0, 0.05) is 15.4 Å². The number of carboxylic acids is 1. The topological polar surface area (TPSA) is 50.4 Å². The molecule has 0 saturated carbocycles. The molecular formula is C10H7BrO3. The number of carboxylic acid groups (broad SMARTS) is 1. The molecule has 0 spiro atoms. The highest BCUT2D eigenvalue weighted by Crippen LogP contribution is 2.27. The Morgan fingerprint density at radius 1 is 1.50 bits per heavy atom. The zero-order valence-electron chi connectivity index (χ0n) is 7.37. The maximum atomic E-state index is 10.8. The van der Waals surface area contributed by atoms with Gasteiger partial charge in [-0.05, 0) is 25.1 Å². The van der Waals surface area contributed by atoms with Crippen LogP contribution in [-0.4, -0.2) is 11.1 Å². The molecule has 14 heavy (non-hydrogen) atoms. The highest BCUT2D eigenvalue weighted by molar-refractivity contribution is 9.10. The molecule has 0 aliphatic carbocycles. The molecule has 1 N–H and O–H groups in total. The van der Waals surface area contributed by atoms with Gasteiger partial charge >= 0.3 is 5.97 Å². The summed E-state index contributed by atoms with van der Waals surface area (Å²) < 4.78 is 6.08. The predicted octanol–water partition coefficient (Wildman–Crippen LogP) is 3.20. The Morgan fingerprint density at radius 3 is 2.86 bits per heavy atom. The summed E-state index contributed by atoms with van der Waals surface area (Å²) in [6.07, 6.45) is 0. The van der Waals surface area contributed by atoms with Crippen molar-refractivity contribution >= 4 is 32.9 Å². The summed E-state index contributed by atoms with van der Waals surface area (Å²) in [5.74, 6) is -1.02. The van der Waals surface area contributed by atoms with Crippen LogP contribution in [0.3, 0.4) is 0 Å². The number of rotatable bonds is 1. The summed E-state index contributed by atoms with van der Waals surface area (Å²) in [5.41, 5.74) is 1.26. The third-order valence-electron chi connectivity index (χ3n) is 2.09. The van der Waals surface area contributed by atoms with Gasteiger partial charge in [-0.25, -0.2) is 4.79 Å². The van der Waals surface area contributed by atoms with Crippen LogP contribution in [0.4, 0.5) is 0 Å². The second-order valence-electron chi connectivity index (χ2n) is 3.00. The average molecular weight is 255 g/mol. The third-order valence-corrected chi connectivity index (χ3v) is 2.59. The second kappa shape index (κ2) is 3.13. The second-order valence-corrected chi connectivity index (χ2v) is 3.92. The van der Waals surface area contributed by atoms with Crippen LogP contribution in [0, 0.1) is 6.92 Å². The van der Waals surface area contributed by atoms with Crippen molar-refractivity contribution in [3.05, 3.63) is 34.0 Å². The van der Waals surface area contributed by atoms with Crippen LogP contribution in [0.15, 0.2) is 27.1 Å². The number of furan rings is 1. The fraction of sp³-hybridized carbons (Fsp3) is 0.100. The minimum atomic E-state index is -1.03. The Kier molecular flexibility index (Phi) is 2.07. The van der Waals surface area contributed by atoms with Gasteiger partial charge in [-0.1, -0.05) is 15.9 Å². The quantitative estimate of drug-likeness (QED) is 0.851. The standard InChI is InChI=1S/C10H7BrO3/c1-5-7-3-2-6(11)4-8(7)14-9(5)10(12)13/h2-4H,1H3,(H,12,13). The van der Waals surface area contributed by atoms with E-state index in [1.807, 2.05) is 12.1 Å². The first-order valence-corrected chi connectivity index (χ1v) is 4.81. The van der Waals surface area contributed by atoms with Gasteiger partial charge in [0.1, 0.15) is 5.58 Å². The summed E-state index contributed by atoms with van der Waals surface area (Å²) in [6, 6.07) is 5.45. The van der Waals surface area contributed by atoms with E-state index in [-0.39, 0.29) is 5.76 Å². The minimum absolute atomic E-state index is 0.0121. The van der Waals surface area contributed by atoms with E-state index in [2.05, 4.69) is 15.9 Å². The molecule has 0 unspecified atom stereocenters. The van der Waals surface area contributed by atoms with Crippen LogP contribution in [0.2, 0.25) is 0 Å². The minimum Gasteiger partial charge on any atom is -0.475 e. The van der Waals surface area contributed by atoms with Gasteiger partial charge in [-0.3, -0.25) is 0 Å². The summed E-state index contributed by atoms with van der Waals surface area (Å²) in [7, 11) is 0. The van der Waals surface area contributed by atoms with Gasteiger partial charge < -0.3 is 9.52 Å². The lowest BCUT2D eigenvalue weighted by Crippen LogP contribution is -1.94. The number of aryl methyl sites for hydroxylation is 1. The zero-order chi connectivity index (χ0) is 10.3. The first-order chi connectivity index (χ1) is 6.59. The number of benzene rings is 1. The molecule has 0 amide bonds. The fourth-order valence-electron chi connectivity index (χ4n) is 1.40. The van der Waals surface area contributed by atoms with Gasteiger partial charge in [0.2, 0.25) is 5.76 Å². The molecule has 0 saturated heterocycles. The Morgan fingerprint density at radius 2 is 2.21 bits per heavy atom. The summed E-state index contributed by atoms with van der Waals surface area (Å²) >= 11 is 3.30. The van der Waals surface area contributed by atoms with Crippen molar-refractivity contribution in [3.8, 4) is 0 Å². The Bertz CT molecular complexity index is 513. The van der Waals surface area contributed by atoms with E-state index in [0.717, 1.165) is 9.86 Å². The lowest BCUT2D eigenvalue weighted by atomic mass is 10.1. The molecule has 0 aliphatic rings. The molecule has 0 fully saturated rings. The number of hydrogen-bond donors (Lipinski definition) is 1. The van der Waals surface area contributed by atoms with Gasteiger partial charge in [-0.2, -0.15) is 0 Å².